The lowest BCUT2D eigenvalue weighted by molar-refractivity contribution is -0.140. The molecule has 8 heteroatoms. The van der Waals surface area contributed by atoms with Crippen LogP contribution in [0.2, 0.25) is 0 Å². The Bertz CT molecular complexity index is 1280. The van der Waals surface area contributed by atoms with Gasteiger partial charge in [-0.1, -0.05) is 74.5 Å². The molecular weight excluding hydrogens is 486 g/mol. The number of carbonyl (C=O) groups excluding carboxylic acids is 2. The summed E-state index contributed by atoms with van der Waals surface area (Å²) in [5, 5.41) is 2.90. The van der Waals surface area contributed by atoms with Crippen molar-refractivity contribution in [1.29, 1.82) is 0 Å². The second-order valence-electron chi connectivity index (χ2n) is 8.82. The van der Waals surface area contributed by atoms with Crippen LogP contribution in [-0.4, -0.2) is 44.3 Å². The highest BCUT2D eigenvalue weighted by Gasteiger charge is 2.33. The SMILES string of the molecule is CCCNC(=O)C(CC)N(Cc1ccccc1C)C(=O)CN(c1ccccc1)S(=O)(=O)c1ccccc1. The number of nitrogens with zero attached hydrogens (tertiary/aromatic N) is 2. The Labute approximate surface area is 220 Å². The van der Waals surface area contributed by atoms with Gasteiger partial charge in [-0.3, -0.25) is 13.9 Å². The van der Waals surface area contributed by atoms with E-state index in [4.69, 9.17) is 0 Å². The summed E-state index contributed by atoms with van der Waals surface area (Å²) in [4.78, 5) is 28.6. The Morgan fingerprint density at radius 1 is 0.865 bits per heavy atom. The monoisotopic (exact) mass is 521 g/mol. The number of aryl methyl sites for hydroxylation is 1. The highest BCUT2D eigenvalue weighted by atomic mass is 32.2. The number of anilines is 1. The number of sulfonamides is 1. The lowest BCUT2D eigenvalue weighted by Gasteiger charge is -2.33. The summed E-state index contributed by atoms with van der Waals surface area (Å²) in [5.41, 5.74) is 2.26. The second-order valence-corrected chi connectivity index (χ2v) is 10.7. The van der Waals surface area contributed by atoms with Gasteiger partial charge >= 0.3 is 0 Å². The van der Waals surface area contributed by atoms with Gasteiger partial charge in [0.05, 0.1) is 10.6 Å². The van der Waals surface area contributed by atoms with Crippen molar-refractivity contribution >= 4 is 27.5 Å². The number of para-hydroxylation sites is 1. The summed E-state index contributed by atoms with van der Waals surface area (Å²) in [7, 11) is -4.05. The van der Waals surface area contributed by atoms with E-state index in [2.05, 4.69) is 5.32 Å². The van der Waals surface area contributed by atoms with Crippen LogP contribution in [0.4, 0.5) is 5.69 Å². The molecular formula is C29H35N3O4S. The molecule has 37 heavy (non-hydrogen) atoms. The summed E-state index contributed by atoms with van der Waals surface area (Å²) in [6, 6.07) is 23.5. The number of amides is 2. The molecule has 7 nitrogen and oxygen atoms in total. The van der Waals surface area contributed by atoms with Crippen molar-refractivity contribution in [2.24, 2.45) is 0 Å². The summed E-state index contributed by atoms with van der Waals surface area (Å²) in [6.07, 6.45) is 1.16. The molecule has 0 aliphatic rings. The van der Waals surface area contributed by atoms with Gasteiger partial charge in [0.2, 0.25) is 11.8 Å². The van der Waals surface area contributed by atoms with Gasteiger partial charge in [-0.2, -0.15) is 0 Å². The fourth-order valence-electron chi connectivity index (χ4n) is 4.10. The molecule has 0 aliphatic heterocycles. The molecule has 0 radical (unpaired) electrons. The Hall–Kier alpha value is -3.65. The standard InChI is InChI=1S/C29H35N3O4S/c1-4-20-30-29(34)27(5-2)31(21-24-15-13-12-14-23(24)3)28(33)22-32(25-16-8-6-9-17-25)37(35,36)26-18-10-7-11-19-26/h6-19,27H,4-5,20-22H2,1-3H3,(H,30,34). The number of nitrogens with one attached hydrogen (secondary N) is 1. The van der Waals surface area contributed by atoms with Crippen LogP contribution >= 0.6 is 0 Å². The van der Waals surface area contributed by atoms with Crippen molar-refractivity contribution in [3.8, 4) is 0 Å². The molecule has 1 unspecified atom stereocenters. The summed E-state index contributed by atoms with van der Waals surface area (Å²) in [5.74, 6) is -0.700. The maximum absolute atomic E-state index is 13.9. The minimum atomic E-state index is -4.05. The molecule has 1 N–H and O–H groups in total. The molecule has 196 valence electrons. The maximum Gasteiger partial charge on any atom is 0.264 e. The molecule has 0 bridgehead atoms. The lowest BCUT2D eigenvalue weighted by Crippen LogP contribution is -2.52. The fourth-order valence-corrected chi connectivity index (χ4v) is 5.53. The zero-order valence-corrected chi connectivity index (χ0v) is 22.4. The predicted molar refractivity (Wildman–Crippen MR) is 147 cm³/mol. The fraction of sp³-hybridized carbons (Fsp3) is 0.310. The van der Waals surface area contributed by atoms with Crippen LogP contribution in [0.3, 0.4) is 0 Å². The van der Waals surface area contributed by atoms with Crippen LogP contribution in [-0.2, 0) is 26.2 Å². The van der Waals surface area contributed by atoms with E-state index in [1.54, 1.807) is 48.5 Å². The molecule has 0 spiro atoms. The van der Waals surface area contributed by atoms with Gasteiger partial charge in [-0.05, 0) is 55.2 Å². The first-order valence-corrected chi connectivity index (χ1v) is 14.0. The van der Waals surface area contributed by atoms with Gasteiger partial charge < -0.3 is 10.2 Å². The Balaban J connectivity index is 2.02. The van der Waals surface area contributed by atoms with Crippen LogP contribution in [0.5, 0.6) is 0 Å². The predicted octanol–water partition coefficient (Wildman–Crippen LogP) is 4.52. The van der Waals surface area contributed by atoms with Gasteiger partial charge in [0.25, 0.3) is 10.0 Å². The first-order chi connectivity index (χ1) is 17.8. The summed E-state index contributed by atoms with van der Waals surface area (Å²) >= 11 is 0. The second kappa shape index (κ2) is 13.1. The van der Waals surface area contributed by atoms with Gasteiger partial charge in [-0.25, -0.2) is 8.42 Å². The van der Waals surface area contributed by atoms with Gasteiger partial charge in [0, 0.05) is 13.1 Å². The highest BCUT2D eigenvalue weighted by Crippen LogP contribution is 2.24. The third kappa shape index (κ3) is 6.98. The van der Waals surface area contributed by atoms with E-state index < -0.39 is 28.5 Å². The smallest absolute Gasteiger partial charge is 0.264 e. The van der Waals surface area contributed by atoms with E-state index in [9.17, 15) is 18.0 Å². The summed E-state index contributed by atoms with van der Waals surface area (Å²) in [6.45, 7) is 6.02. The van der Waals surface area contributed by atoms with E-state index in [0.29, 0.717) is 18.7 Å². The van der Waals surface area contributed by atoms with E-state index in [-0.39, 0.29) is 17.3 Å². The maximum atomic E-state index is 13.9. The van der Waals surface area contributed by atoms with Crippen LogP contribution in [0.15, 0.2) is 89.8 Å². The minimum Gasteiger partial charge on any atom is -0.354 e. The molecule has 0 aromatic heterocycles. The van der Waals surface area contributed by atoms with Crippen molar-refractivity contribution in [3.05, 3.63) is 96.1 Å². The third-order valence-electron chi connectivity index (χ3n) is 6.19. The number of carbonyl (C=O) groups is 2. The van der Waals surface area contributed by atoms with E-state index >= 15 is 0 Å². The topological polar surface area (TPSA) is 86.8 Å². The van der Waals surface area contributed by atoms with Gasteiger partial charge in [-0.15, -0.1) is 0 Å². The van der Waals surface area contributed by atoms with Crippen molar-refractivity contribution in [1.82, 2.24) is 10.2 Å². The van der Waals surface area contributed by atoms with Crippen molar-refractivity contribution in [3.63, 3.8) is 0 Å². The minimum absolute atomic E-state index is 0.0878. The molecule has 3 aromatic rings. The number of hydrogen-bond acceptors (Lipinski definition) is 4. The molecule has 0 aliphatic carbocycles. The number of hydrogen-bond donors (Lipinski definition) is 1. The Morgan fingerprint density at radius 3 is 2.05 bits per heavy atom. The van der Waals surface area contributed by atoms with E-state index in [1.807, 2.05) is 45.0 Å². The normalized spacial score (nSPS) is 12.0. The van der Waals surface area contributed by atoms with Crippen molar-refractivity contribution < 1.29 is 18.0 Å². The van der Waals surface area contributed by atoms with Crippen LogP contribution in [0.1, 0.15) is 37.8 Å². The van der Waals surface area contributed by atoms with E-state index in [0.717, 1.165) is 21.9 Å². The van der Waals surface area contributed by atoms with E-state index in [1.165, 1.54) is 17.0 Å². The van der Waals surface area contributed by atoms with Crippen molar-refractivity contribution in [2.75, 3.05) is 17.4 Å². The Morgan fingerprint density at radius 2 is 1.46 bits per heavy atom. The first-order valence-electron chi connectivity index (χ1n) is 12.5. The average Bonchev–Trinajstić information content (AvgIpc) is 2.92. The van der Waals surface area contributed by atoms with Crippen molar-refractivity contribution in [2.45, 2.75) is 51.1 Å². The molecule has 3 rings (SSSR count). The van der Waals surface area contributed by atoms with Gasteiger partial charge in [0.1, 0.15) is 12.6 Å². The zero-order chi connectivity index (χ0) is 26.8. The molecule has 0 saturated heterocycles. The number of benzene rings is 3. The molecule has 3 aromatic carbocycles. The molecule has 0 fully saturated rings. The lowest BCUT2D eigenvalue weighted by atomic mass is 10.1. The third-order valence-corrected chi connectivity index (χ3v) is 7.98. The molecule has 1 atom stereocenters. The summed E-state index contributed by atoms with van der Waals surface area (Å²) < 4.78 is 28.5. The highest BCUT2D eigenvalue weighted by molar-refractivity contribution is 7.92. The Kier molecular flexibility index (Phi) is 9.85. The molecule has 0 saturated carbocycles. The van der Waals surface area contributed by atoms with Gasteiger partial charge in [0.15, 0.2) is 0 Å². The molecule has 0 heterocycles. The largest absolute Gasteiger partial charge is 0.354 e. The van der Waals surface area contributed by atoms with Crippen LogP contribution < -0.4 is 9.62 Å². The van der Waals surface area contributed by atoms with Crippen LogP contribution in [0.25, 0.3) is 0 Å². The van der Waals surface area contributed by atoms with Crippen LogP contribution in [0, 0.1) is 6.92 Å². The quantitative estimate of drug-likeness (QED) is 0.380. The molecule has 2 amide bonds. The number of rotatable bonds is 12. The first kappa shape index (κ1) is 27.9. The average molecular weight is 522 g/mol. The zero-order valence-electron chi connectivity index (χ0n) is 21.6.